The lowest BCUT2D eigenvalue weighted by molar-refractivity contribution is -0.0440. The van der Waals surface area contributed by atoms with Crippen molar-refractivity contribution in [3.05, 3.63) is 0 Å². The predicted octanol–water partition coefficient (Wildman–Crippen LogP) is -1.62. The topological polar surface area (TPSA) is 57.2 Å². The lowest BCUT2D eigenvalue weighted by Crippen LogP contribution is -2.37. The number of rotatable bonds is 6. The monoisotopic (exact) mass is 218 g/mol. The smallest absolute Gasteiger partial charge is 0.142 e. The average Bonchev–Trinajstić information content (AvgIpc) is 2.46. The van der Waals surface area contributed by atoms with Gasteiger partial charge in [-0.1, -0.05) is 0 Å². The minimum absolute atomic E-state index is 0.114. The summed E-state index contributed by atoms with van der Waals surface area (Å²) in [5.41, 5.74) is 0. The fraction of sp³-hybridized carbons (Fsp3) is 1.00. The largest absolute Gasteiger partial charge is 0.388 e. The second kappa shape index (κ2) is 6.45. The van der Waals surface area contributed by atoms with Gasteiger partial charge in [0, 0.05) is 14.2 Å². The second-order valence-electron chi connectivity index (χ2n) is 3.65. The average molecular weight is 218 g/mol. The molecule has 0 amide bonds. The fourth-order valence-corrected chi connectivity index (χ4v) is 1.73. The molecule has 0 saturated carbocycles. The summed E-state index contributed by atoms with van der Waals surface area (Å²) in [6, 6.07) is -0.114. The second-order valence-corrected chi connectivity index (χ2v) is 3.65. The molecule has 1 rings (SSSR count). The van der Waals surface area contributed by atoms with E-state index in [1.807, 2.05) is 7.85 Å². The Morgan fingerprint density at radius 2 is 2.00 bits per heavy atom. The van der Waals surface area contributed by atoms with Crippen LogP contribution in [-0.4, -0.2) is 71.3 Å². The van der Waals surface area contributed by atoms with Crippen LogP contribution in [-0.2, 0) is 18.9 Å². The standard InChI is InChI=1S/C9H19BO5/c1-12-3-4-14-8-7(11)6(5-13-2)15-9(8)10/h6-9,11H,3-5,10H2,1-2H3. The third-order valence-corrected chi connectivity index (χ3v) is 2.50. The van der Waals surface area contributed by atoms with Crippen molar-refractivity contribution in [1.82, 2.24) is 0 Å². The van der Waals surface area contributed by atoms with Crippen LogP contribution in [0, 0.1) is 0 Å². The van der Waals surface area contributed by atoms with Crippen LogP contribution in [0.4, 0.5) is 0 Å². The normalized spacial score (nSPS) is 35.9. The molecule has 1 heterocycles. The van der Waals surface area contributed by atoms with E-state index in [2.05, 4.69) is 0 Å². The molecule has 0 aromatic rings. The van der Waals surface area contributed by atoms with Gasteiger partial charge in [-0.25, -0.2) is 0 Å². The molecule has 15 heavy (non-hydrogen) atoms. The van der Waals surface area contributed by atoms with Gasteiger partial charge in [-0.15, -0.1) is 0 Å². The zero-order valence-electron chi connectivity index (χ0n) is 9.51. The van der Waals surface area contributed by atoms with E-state index in [0.717, 1.165) is 0 Å². The molecule has 1 saturated heterocycles. The Kier molecular flexibility index (Phi) is 5.56. The Balaban J connectivity index is 2.36. The summed E-state index contributed by atoms with van der Waals surface area (Å²) in [5, 5.41) is 9.88. The van der Waals surface area contributed by atoms with Gasteiger partial charge in [0.2, 0.25) is 0 Å². The van der Waals surface area contributed by atoms with E-state index in [4.69, 9.17) is 18.9 Å². The van der Waals surface area contributed by atoms with E-state index < -0.39 is 6.10 Å². The summed E-state index contributed by atoms with van der Waals surface area (Å²) in [6.45, 7) is 1.37. The highest BCUT2D eigenvalue weighted by molar-refractivity contribution is 6.11. The van der Waals surface area contributed by atoms with Crippen LogP contribution in [0.25, 0.3) is 0 Å². The van der Waals surface area contributed by atoms with Crippen molar-refractivity contribution in [2.45, 2.75) is 24.3 Å². The number of aliphatic hydroxyl groups excluding tert-OH is 1. The third kappa shape index (κ3) is 3.43. The van der Waals surface area contributed by atoms with Crippen molar-refractivity contribution in [2.24, 2.45) is 0 Å². The predicted molar refractivity (Wildman–Crippen MR) is 56.7 cm³/mol. The Morgan fingerprint density at radius 3 is 2.60 bits per heavy atom. The minimum Gasteiger partial charge on any atom is -0.388 e. The molecule has 0 aromatic heterocycles. The molecule has 1 aliphatic heterocycles. The molecule has 0 aromatic carbocycles. The first-order valence-corrected chi connectivity index (χ1v) is 5.13. The van der Waals surface area contributed by atoms with Crippen LogP contribution in [0.5, 0.6) is 0 Å². The van der Waals surface area contributed by atoms with Crippen molar-refractivity contribution in [1.29, 1.82) is 0 Å². The van der Waals surface area contributed by atoms with Crippen LogP contribution in [0.1, 0.15) is 0 Å². The first kappa shape index (κ1) is 12.9. The van der Waals surface area contributed by atoms with Crippen LogP contribution >= 0.6 is 0 Å². The molecule has 5 nitrogen and oxygen atoms in total. The third-order valence-electron chi connectivity index (χ3n) is 2.50. The summed E-state index contributed by atoms with van der Waals surface area (Å²) in [7, 11) is 5.08. The van der Waals surface area contributed by atoms with Gasteiger partial charge in [-0.3, -0.25) is 0 Å². The molecule has 4 atom stereocenters. The zero-order chi connectivity index (χ0) is 11.3. The molecule has 0 bridgehead atoms. The molecule has 0 spiro atoms. The van der Waals surface area contributed by atoms with E-state index in [-0.39, 0.29) is 18.2 Å². The van der Waals surface area contributed by atoms with E-state index >= 15 is 0 Å². The maximum atomic E-state index is 9.88. The van der Waals surface area contributed by atoms with Gasteiger partial charge in [0.25, 0.3) is 0 Å². The number of ether oxygens (including phenoxy) is 4. The molecule has 1 fully saturated rings. The van der Waals surface area contributed by atoms with Crippen LogP contribution in [0.2, 0.25) is 0 Å². The van der Waals surface area contributed by atoms with Gasteiger partial charge in [-0.05, 0) is 0 Å². The minimum atomic E-state index is -0.628. The van der Waals surface area contributed by atoms with Crippen molar-refractivity contribution >= 4 is 7.85 Å². The van der Waals surface area contributed by atoms with Crippen LogP contribution in [0.15, 0.2) is 0 Å². The summed E-state index contributed by atoms with van der Waals surface area (Å²) in [4.78, 5) is 0. The van der Waals surface area contributed by atoms with Crippen molar-refractivity contribution in [3.63, 3.8) is 0 Å². The van der Waals surface area contributed by atoms with Crippen molar-refractivity contribution < 1.29 is 24.1 Å². The van der Waals surface area contributed by atoms with Gasteiger partial charge in [0.05, 0.1) is 25.8 Å². The highest BCUT2D eigenvalue weighted by Gasteiger charge is 2.41. The molecule has 1 N–H and O–H groups in total. The van der Waals surface area contributed by atoms with E-state index in [1.165, 1.54) is 0 Å². The Morgan fingerprint density at radius 1 is 1.27 bits per heavy atom. The number of hydrogen-bond acceptors (Lipinski definition) is 5. The molecule has 6 heteroatoms. The molecule has 0 radical (unpaired) electrons. The quantitative estimate of drug-likeness (QED) is 0.429. The molecular weight excluding hydrogens is 199 g/mol. The van der Waals surface area contributed by atoms with Gasteiger partial charge in [-0.2, -0.15) is 0 Å². The van der Waals surface area contributed by atoms with Gasteiger partial charge in [0.1, 0.15) is 26.2 Å². The van der Waals surface area contributed by atoms with E-state index in [0.29, 0.717) is 19.8 Å². The maximum Gasteiger partial charge on any atom is 0.142 e. The summed E-state index contributed by atoms with van der Waals surface area (Å²) in [6.07, 6.45) is -1.21. The van der Waals surface area contributed by atoms with Crippen LogP contribution < -0.4 is 0 Å². The number of aliphatic hydroxyl groups is 1. The number of methoxy groups -OCH3 is 2. The first-order chi connectivity index (χ1) is 7.20. The Bertz CT molecular complexity index is 180. The fourth-order valence-electron chi connectivity index (χ4n) is 1.73. The Hall–Kier alpha value is -0.135. The molecule has 4 unspecified atom stereocenters. The molecule has 1 aliphatic rings. The summed E-state index contributed by atoms with van der Waals surface area (Å²) < 4.78 is 20.8. The van der Waals surface area contributed by atoms with Crippen molar-refractivity contribution in [2.75, 3.05) is 34.0 Å². The van der Waals surface area contributed by atoms with Gasteiger partial charge >= 0.3 is 0 Å². The summed E-state index contributed by atoms with van der Waals surface area (Å²) in [5.74, 6) is 0. The molecular formula is C9H19BO5. The maximum absolute atomic E-state index is 9.88. The van der Waals surface area contributed by atoms with E-state index in [9.17, 15) is 5.11 Å². The SMILES string of the molecule is BC1OC(COC)C(O)C1OCCOC. The van der Waals surface area contributed by atoms with Crippen LogP contribution in [0.3, 0.4) is 0 Å². The van der Waals surface area contributed by atoms with Gasteiger partial charge in [0.15, 0.2) is 0 Å². The first-order valence-electron chi connectivity index (χ1n) is 5.13. The number of hydrogen-bond donors (Lipinski definition) is 1. The highest BCUT2D eigenvalue weighted by Crippen LogP contribution is 2.22. The highest BCUT2D eigenvalue weighted by atomic mass is 16.6. The zero-order valence-corrected chi connectivity index (χ0v) is 9.51. The lowest BCUT2D eigenvalue weighted by atomic mass is 9.93. The van der Waals surface area contributed by atoms with Crippen molar-refractivity contribution in [3.8, 4) is 0 Å². The van der Waals surface area contributed by atoms with E-state index in [1.54, 1.807) is 14.2 Å². The molecule has 88 valence electrons. The molecule has 0 aliphatic carbocycles. The van der Waals surface area contributed by atoms with Gasteiger partial charge < -0.3 is 24.1 Å². The lowest BCUT2D eigenvalue weighted by Gasteiger charge is -2.18. The summed E-state index contributed by atoms with van der Waals surface area (Å²) >= 11 is 0. The Labute approximate surface area is 91.1 Å².